The van der Waals surface area contributed by atoms with Crippen molar-refractivity contribution in [3.63, 3.8) is 0 Å². The average molecular weight is 238 g/mol. The SMILES string of the molecule is O=C(CCc1cccnc1)NC[C@H](O)C(=O)O. The zero-order valence-electron chi connectivity index (χ0n) is 9.17. The highest BCUT2D eigenvalue weighted by Crippen LogP contribution is 1.99. The molecule has 1 aromatic rings. The molecule has 3 N–H and O–H groups in total. The Morgan fingerprint density at radius 2 is 2.24 bits per heavy atom. The van der Waals surface area contributed by atoms with E-state index in [1.807, 2.05) is 6.07 Å². The van der Waals surface area contributed by atoms with E-state index in [-0.39, 0.29) is 18.9 Å². The zero-order valence-corrected chi connectivity index (χ0v) is 9.17. The second-order valence-electron chi connectivity index (χ2n) is 3.52. The van der Waals surface area contributed by atoms with Crippen molar-refractivity contribution in [2.24, 2.45) is 0 Å². The Balaban J connectivity index is 2.24. The molecule has 6 heteroatoms. The summed E-state index contributed by atoms with van der Waals surface area (Å²) in [5.41, 5.74) is 0.932. The van der Waals surface area contributed by atoms with Crippen molar-refractivity contribution in [1.29, 1.82) is 0 Å². The van der Waals surface area contributed by atoms with Crippen LogP contribution in [0.2, 0.25) is 0 Å². The minimum absolute atomic E-state index is 0.234. The molecule has 0 unspecified atom stereocenters. The smallest absolute Gasteiger partial charge is 0.334 e. The van der Waals surface area contributed by atoms with Crippen LogP contribution in [0.3, 0.4) is 0 Å². The molecule has 1 heterocycles. The number of pyridine rings is 1. The first-order valence-corrected chi connectivity index (χ1v) is 5.16. The Bertz CT molecular complexity index is 380. The van der Waals surface area contributed by atoms with Crippen LogP contribution in [0.25, 0.3) is 0 Å². The summed E-state index contributed by atoms with van der Waals surface area (Å²) in [6, 6.07) is 3.63. The summed E-state index contributed by atoms with van der Waals surface area (Å²) >= 11 is 0. The highest BCUT2D eigenvalue weighted by atomic mass is 16.4. The molecular weight excluding hydrogens is 224 g/mol. The molecule has 0 spiro atoms. The third-order valence-electron chi connectivity index (χ3n) is 2.14. The number of aryl methyl sites for hydroxylation is 1. The average Bonchev–Trinajstić information content (AvgIpc) is 2.34. The van der Waals surface area contributed by atoms with E-state index in [0.717, 1.165) is 5.56 Å². The van der Waals surface area contributed by atoms with E-state index in [1.54, 1.807) is 18.5 Å². The van der Waals surface area contributed by atoms with Gasteiger partial charge in [0, 0.05) is 18.8 Å². The Hall–Kier alpha value is -1.95. The summed E-state index contributed by atoms with van der Waals surface area (Å²) in [5, 5.41) is 19.7. The molecule has 0 aliphatic heterocycles. The number of carbonyl (C=O) groups is 2. The number of carboxylic acid groups (broad SMARTS) is 1. The van der Waals surface area contributed by atoms with Gasteiger partial charge in [0.1, 0.15) is 0 Å². The summed E-state index contributed by atoms with van der Waals surface area (Å²) in [4.78, 5) is 25.5. The number of carboxylic acids is 1. The number of rotatable bonds is 6. The van der Waals surface area contributed by atoms with Crippen molar-refractivity contribution in [2.75, 3.05) is 6.54 Å². The molecule has 0 aliphatic rings. The van der Waals surface area contributed by atoms with Gasteiger partial charge in [0.2, 0.25) is 5.91 Å². The number of carbonyl (C=O) groups excluding carboxylic acids is 1. The van der Waals surface area contributed by atoms with Gasteiger partial charge >= 0.3 is 5.97 Å². The number of nitrogens with zero attached hydrogens (tertiary/aromatic N) is 1. The summed E-state index contributed by atoms with van der Waals surface area (Å²) in [6.07, 6.45) is 2.52. The molecular formula is C11H14N2O4. The van der Waals surface area contributed by atoms with Crippen molar-refractivity contribution in [3.8, 4) is 0 Å². The third kappa shape index (κ3) is 5.07. The summed E-state index contributed by atoms with van der Waals surface area (Å²) in [6.45, 7) is -0.277. The maximum absolute atomic E-state index is 11.3. The predicted molar refractivity (Wildman–Crippen MR) is 59.2 cm³/mol. The third-order valence-corrected chi connectivity index (χ3v) is 2.14. The van der Waals surface area contributed by atoms with Crippen LogP contribution in [0.15, 0.2) is 24.5 Å². The molecule has 0 fully saturated rings. The molecule has 6 nitrogen and oxygen atoms in total. The normalized spacial score (nSPS) is 11.8. The lowest BCUT2D eigenvalue weighted by atomic mass is 10.1. The highest BCUT2D eigenvalue weighted by Gasteiger charge is 2.13. The summed E-state index contributed by atoms with van der Waals surface area (Å²) in [7, 11) is 0. The highest BCUT2D eigenvalue weighted by molar-refractivity contribution is 5.78. The molecule has 1 rings (SSSR count). The topological polar surface area (TPSA) is 99.5 Å². The maximum Gasteiger partial charge on any atom is 0.334 e. The second kappa shape index (κ2) is 6.59. The number of amides is 1. The molecule has 0 aliphatic carbocycles. The summed E-state index contributed by atoms with van der Waals surface area (Å²) < 4.78 is 0. The molecule has 1 atom stereocenters. The fourth-order valence-corrected chi connectivity index (χ4v) is 1.19. The van der Waals surface area contributed by atoms with Gasteiger partial charge in [0.25, 0.3) is 0 Å². The molecule has 0 saturated heterocycles. The van der Waals surface area contributed by atoms with Gasteiger partial charge in [0.15, 0.2) is 6.10 Å². The van der Waals surface area contributed by atoms with Crippen LogP contribution in [-0.4, -0.2) is 39.7 Å². The number of aliphatic hydroxyl groups is 1. The number of aromatic nitrogens is 1. The second-order valence-corrected chi connectivity index (χ2v) is 3.52. The molecule has 1 aromatic heterocycles. The van der Waals surface area contributed by atoms with Crippen LogP contribution in [-0.2, 0) is 16.0 Å². The number of aliphatic hydroxyl groups excluding tert-OH is 1. The first-order chi connectivity index (χ1) is 8.09. The van der Waals surface area contributed by atoms with E-state index in [2.05, 4.69) is 10.3 Å². The predicted octanol–water partition coefficient (Wildman–Crippen LogP) is -0.424. The van der Waals surface area contributed by atoms with Gasteiger partial charge in [-0.05, 0) is 18.1 Å². The lowest BCUT2D eigenvalue weighted by molar-refractivity contribution is -0.146. The fraction of sp³-hybridized carbons (Fsp3) is 0.364. The first kappa shape index (κ1) is 13.1. The Labute approximate surface area is 98.3 Å². The minimum atomic E-state index is -1.56. The zero-order chi connectivity index (χ0) is 12.7. The number of hydrogen-bond acceptors (Lipinski definition) is 4. The summed E-state index contributed by atoms with van der Waals surface area (Å²) in [5.74, 6) is -1.65. The van der Waals surface area contributed by atoms with Gasteiger partial charge in [-0.2, -0.15) is 0 Å². The monoisotopic (exact) mass is 238 g/mol. The van der Waals surface area contributed by atoms with E-state index < -0.39 is 12.1 Å². The van der Waals surface area contributed by atoms with E-state index in [0.29, 0.717) is 6.42 Å². The molecule has 0 bridgehead atoms. The van der Waals surface area contributed by atoms with Crippen LogP contribution in [0.4, 0.5) is 0 Å². The van der Waals surface area contributed by atoms with Gasteiger partial charge in [-0.25, -0.2) is 4.79 Å². The van der Waals surface area contributed by atoms with Gasteiger partial charge < -0.3 is 15.5 Å². The largest absolute Gasteiger partial charge is 0.479 e. The first-order valence-electron chi connectivity index (χ1n) is 5.16. The maximum atomic E-state index is 11.3. The van der Waals surface area contributed by atoms with Gasteiger partial charge in [0.05, 0.1) is 6.54 Å². The molecule has 92 valence electrons. The van der Waals surface area contributed by atoms with Crippen molar-refractivity contribution in [2.45, 2.75) is 18.9 Å². The van der Waals surface area contributed by atoms with Gasteiger partial charge in [-0.3, -0.25) is 9.78 Å². The Morgan fingerprint density at radius 3 is 2.82 bits per heavy atom. The van der Waals surface area contributed by atoms with Crippen molar-refractivity contribution in [3.05, 3.63) is 30.1 Å². The molecule has 1 amide bonds. The minimum Gasteiger partial charge on any atom is -0.479 e. The van der Waals surface area contributed by atoms with Crippen molar-refractivity contribution < 1.29 is 19.8 Å². The van der Waals surface area contributed by atoms with E-state index in [4.69, 9.17) is 10.2 Å². The van der Waals surface area contributed by atoms with Crippen LogP contribution >= 0.6 is 0 Å². The van der Waals surface area contributed by atoms with E-state index in [9.17, 15) is 9.59 Å². The lowest BCUT2D eigenvalue weighted by Gasteiger charge is -2.07. The Kier molecular flexibility index (Phi) is 5.09. The van der Waals surface area contributed by atoms with Crippen LogP contribution in [0.5, 0.6) is 0 Å². The van der Waals surface area contributed by atoms with E-state index in [1.165, 1.54) is 0 Å². The molecule has 0 aromatic carbocycles. The standard InChI is InChI=1S/C11H14N2O4/c14-9(11(16)17)7-13-10(15)4-3-8-2-1-5-12-6-8/h1-2,5-6,9,14H,3-4,7H2,(H,13,15)(H,16,17)/t9-/m0/s1. The number of aliphatic carboxylic acids is 1. The molecule has 0 radical (unpaired) electrons. The lowest BCUT2D eigenvalue weighted by Crippen LogP contribution is -2.36. The number of nitrogens with one attached hydrogen (secondary N) is 1. The number of hydrogen-bond donors (Lipinski definition) is 3. The van der Waals surface area contributed by atoms with Gasteiger partial charge in [-0.1, -0.05) is 6.07 Å². The van der Waals surface area contributed by atoms with Crippen LogP contribution in [0, 0.1) is 0 Å². The van der Waals surface area contributed by atoms with Crippen molar-refractivity contribution >= 4 is 11.9 Å². The Morgan fingerprint density at radius 1 is 1.47 bits per heavy atom. The van der Waals surface area contributed by atoms with E-state index >= 15 is 0 Å². The van der Waals surface area contributed by atoms with Crippen LogP contribution < -0.4 is 5.32 Å². The fourth-order valence-electron chi connectivity index (χ4n) is 1.19. The van der Waals surface area contributed by atoms with Crippen LogP contribution in [0.1, 0.15) is 12.0 Å². The van der Waals surface area contributed by atoms with Crippen molar-refractivity contribution in [1.82, 2.24) is 10.3 Å². The van der Waals surface area contributed by atoms with Gasteiger partial charge in [-0.15, -0.1) is 0 Å². The quantitative estimate of drug-likeness (QED) is 0.625. The molecule has 17 heavy (non-hydrogen) atoms. The molecule has 0 saturated carbocycles.